The highest BCUT2D eigenvalue weighted by Gasteiger charge is 2.07. The minimum Gasteiger partial charge on any atom is -0.423 e. The standard InChI is InChI=1S/C22H20O2.C6H10.C2H6.C2H4/c1-4-5-6-17(2)7-10-19-11-15-21(16-12-19)24-22(23)20-13-8-18(3)9-14-20;1-4-5-6(2)3;2*1-2/h5-6,8-9,11-16H,2,4H2,1,3H3;4-5H,1H2,2-3H3;1-2H3;1-2H2/b6-5-;;;. The van der Waals surface area contributed by atoms with Gasteiger partial charge in [0.2, 0.25) is 0 Å². The Morgan fingerprint density at radius 3 is 2.00 bits per heavy atom. The predicted molar refractivity (Wildman–Crippen MR) is 150 cm³/mol. The van der Waals surface area contributed by atoms with Crippen molar-refractivity contribution in [3.05, 3.63) is 127 Å². The number of allylic oxidation sites excluding steroid dienone is 6. The van der Waals surface area contributed by atoms with Gasteiger partial charge in [-0.1, -0.05) is 93.3 Å². The van der Waals surface area contributed by atoms with E-state index in [1.807, 2.05) is 77.1 Å². The Labute approximate surface area is 208 Å². The highest BCUT2D eigenvalue weighted by molar-refractivity contribution is 5.91. The average Bonchev–Trinajstić information content (AvgIpc) is 2.85. The summed E-state index contributed by atoms with van der Waals surface area (Å²) in [6.07, 6.45) is 8.65. The Morgan fingerprint density at radius 1 is 1.00 bits per heavy atom. The van der Waals surface area contributed by atoms with E-state index in [0.29, 0.717) is 11.3 Å². The number of esters is 1. The van der Waals surface area contributed by atoms with Crippen LogP contribution in [0.15, 0.2) is 110 Å². The van der Waals surface area contributed by atoms with Crippen LogP contribution in [0.4, 0.5) is 0 Å². The van der Waals surface area contributed by atoms with Crippen LogP contribution in [-0.4, -0.2) is 5.97 Å². The number of hydrogen-bond donors (Lipinski definition) is 0. The van der Waals surface area contributed by atoms with Crippen LogP contribution in [0, 0.1) is 18.8 Å². The number of ether oxygens (including phenoxy) is 1. The molecule has 2 rings (SSSR count). The lowest BCUT2D eigenvalue weighted by molar-refractivity contribution is 0.0734. The van der Waals surface area contributed by atoms with Crippen LogP contribution < -0.4 is 4.74 Å². The van der Waals surface area contributed by atoms with E-state index in [1.54, 1.807) is 30.3 Å². The molecule has 0 radical (unpaired) electrons. The molecule has 0 aromatic heterocycles. The van der Waals surface area contributed by atoms with E-state index in [2.05, 4.69) is 45.1 Å². The number of carbonyl (C=O) groups is 1. The SMILES string of the molecule is C=C.C=C(C#Cc1ccc(OC(=O)c2ccc(C)cc2)cc1)/C=C\CC.C=CC=C(C)C.CC. The molecule has 2 nitrogen and oxygen atoms in total. The zero-order chi connectivity index (χ0) is 26.4. The van der Waals surface area contributed by atoms with Gasteiger partial charge in [0.15, 0.2) is 0 Å². The van der Waals surface area contributed by atoms with Crippen molar-refractivity contribution < 1.29 is 9.53 Å². The van der Waals surface area contributed by atoms with E-state index in [9.17, 15) is 4.79 Å². The highest BCUT2D eigenvalue weighted by atomic mass is 16.5. The first kappa shape index (κ1) is 32.4. The van der Waals surface area contributed by atoms with E-state index < -0.39 is 0 Å². The molecule has 0 unspecified atom stereocenters. The molecule has 0 N–H and O–H groups in total. The fourth-order valence-corrected chi connectivity index (χ4v) is 2.15. The predicted octanol–water partition coefficient (Wildman–Crippen LogP) is 9.06. The molecule has 180 valence electrons. The first-order valence-corrected chi connectivity index (χ1v) is 11.4. The molecular weight excluding hydrogens is 416 g/mol. The van der Waals surface area contributed by atoms with Gasteiger partial charge in [0.05, 0.1) is 5.56 Å². The van der Waals surface area contributed by atoms with Gasteiger partial charge < -0.3 is 4.74 Å². The maximum Gasteiger partial charge on any atom is 0.343 e. The minimum absolute atomic E-state index is 0.369. The molecule has 0 saturated heterocycles. The average molecular weight is 457 g/mol. The third kappa shape index (κ3) is 15.9. The number of aryl methyl sites for hydroxylation is 1. The van der Waals surface area contributed by atoms with Gasteiger partial charge in [-0.15, -0.1) is 13.2 Å². The van der Waals surface area contributed by atoms with Crippen molar-refractivity contribution in [3.63, 3.8) is 0 Å². The Bertz CT molecular complexity index is 972. The van der Waals surface area contributed by atoms with Crippen LogP contribution in [0.2, 0.25) is 0 Å². The molecule has 0 aliphatic carbocycles. The first-order chi connectivity index (χ1) is 16.3. The van der Waals surface area contributed by atoms with Crippen molar-refractivity contribution in [1.29, 1.82) is 0 Å². The van der Waals surface area contributed by atoms with Crippen molar-refractivity contribution in [2.75, 3.05) is 0 Å². The van der Waals surface area contributed by atoms with Crippen molar-refractivity contribution in [2.45, 2.75) is 48.0 Å². The lowest BCUT2D eigenvalue weighted by atomic mass is 10.1. The van der Waals surface area contributed by atoms with E-state index >= 15 is 0 Å². The summed E-state index contributed by atoms with van der Waals surface area (Å²) in [7, 11) is 0. The number of carbonyl (C=O) groups excluding carboxylic acids is 1. The molecule has 0 saturated carbocycles. The lowest BCUT2D eigenvalue weighted by Gasteiger charge is -2.04. The van der Waals surface area contributed by atoms with Gasteiger partial charge in [-0.05, 0) is 63.6 Å². The van der Waals surface area contributed by atoms with E-state index in [0.717, 1.165) is 23.1 Å². The molecule has 0 aliphatic rings. The fourth-order valence-electron chi connectivity index (χ4n) is 2.15. The second kappa shape index (κ2) is 21.0. The van der Waals surface area contributed by atoms with E-state index in [1.165, 1.54) is 5.57 Å². The van der Waals surface area contributed by atoms with Crippen LogP contribution in [0.5, 0.6) is 5.75 Å². The zero-order valence-electron chi connectivity index (χ0n) is 21.8. The Hall–Kier alpha value is -3.83. The van der Waals surface area contributed by atoms with Crippen molar-refractivity contribution in [1.82, 2.24) is 0 Å². The van der Waals surface area contributed by atoms with Gasteiger partial charge in [0.25, 0.3) is 0 Å². The van der Waals surface area contributed by atoms with Gasteiger partial charge in [0.1, 0.15) is 5.75 Å². The minimum atomic E-state index is -0.369. The molecular formula is C32H40O2. The molecule has 0 aliphatic heterocycles. The topological polar surface area (TPSA) is 26.3 Å². The third-order valence-corrected chi connectivity index (χ3v) is 3.73. The molecule has 0 amide bonds. The fraction of sp³-hybridized carbons (Fsp3) is 0.219. The molecule has 34 heavy (non-hydrogen) atoms. The maximum absolute atomic E-state index is 12.1. The smallest absolute Gasteiger partial charge is 0.343 e. The number of benzene rings is 2. The maximum atomic E-state index is 12.1. The Morgan fingerprint density at radius 2 is 1.56 bits per heavy atom. The molecule has 2 aromatic carbocycles. The van der Waals surface area contributed by atoms with Crippen LogP contribution >= 0.6 is 0 Å². The van der Waals surface area contributed by atoms with Crippen LogP contribution in [0.25, 0.3) is 0 Å². The first-order valence-electron chi connectivity index (χ1n) is 11.4. The second-order valence-corrected chi connectivity index (χ2v) is 6.85. The highest BCUT2D eigenvalue weighted by Crippen LogP contribution is 2.14. The largest absolute Gasteiger partial charge is 0.423 e. The van der Waals surface area contributed by atoms with Crippen molar-refractivity contribution in [2.24, 2.45) is 0 Å². The third-order valence-electron chi connectivity index (χ3n) is 3.73. The molecule has 0 heterocycles. The summed E-state index contributed by atoms with van der Waals surface area (Å²) in [6.45, 7) is 25.5. The normalized spacial score (nSPS) is 8.65. The summed E-state index contributed by atoms with van der Waals surface area (Å²) in [6, 6.07) is 14.4. The Kier molecular flexibility index (Phi) is 20.0. The quantitative estimate of drug-likeness (QED) is 0.147. The summed E-state index contributed by atoms with van der Waals surface area (Å²) in [5, 5.41) is 0. The zero-order valence-corrected chi connectivity index (χ0v) is 21.8. The molecule has 0 atom stereocenters. The molecule has 0 fully saturated rings. The van der Waals surface area contributed by atoms with Crippen LogP contribution in [0.1, 0.15) is 62.5 Å². The van der Waals surface area contributed by atoms with Crippen LogP contribution in [-0.2, 0) is 0 Å². The lowest BCUT2D eigenvalue weighted by Crippen LogP contribution is -2.08. The summed E-state index contributed by atoms with van der Waals surface area (Å²) < 4.78 is 5.36. The molecule has 2 heteroatoms. The number of rotatable bonds is 5. The second-order valence-electron chi connectivity index (χ2n) is 6.85. The summed E-state index contributed by atoms with van der Waals surface area (Å²) in [5.74, 6) is 6.14. The molecule has 0 bridgehead atoms. The Balaban J connectivity index is 0. The van der Waals surface area contributed by atoms with Gasteiger partial charge in [-0.2, -0.15) is 0 Å². The molecule has 2 aromatic rings. The summed E-state index contributed by atoms with van der Waals surface area (Å²) in [4.78, 5) is 12.1. The van der Waals surface area contributed by atoms with Gasteiger partial charge in [-0.3, -0.25) is 0 Å². The molecule has 0 spiro atoms. The van der Waals surface area contributed by atoms with Gasteiger partial charge in [-0.25, -0.2) is 4.79 Å². The monoisotopic (exact) mass is 456 g/mol. The van der Waals surface area contributed by atoms with E-state index in [4.69, 9.17) is 4.74 Å². The van der Waals surface area contributed by atoms with Crippen molar-refractivity contribution >= 4 is 5.97 Å². The summed E-state index contributed by atoms with van der Waals surface area (Å²) >= 11 is 0. The van der Waals surface area contributed by atoms with E-state index in [-0.39, 0.29) is 5.97 Å². The van der Waals surface area contributed by atoms with Crippen molar-refractivity contribution in [3.8, 4) is 17.6 Å². The van der Waals surface area contributed by atoms with Gasteiger partial charge >= 0.3 is 5.97 Å². The number of hydrogen-bond acceptors (Lipinski definition) is 2. The van der Waals surface area contributed by atoms with Gasteiger partial charge in [0, 0.05) is 11.1 Å². The van der Waals surface area contributed by atoms with Crippen LogP contribution in [0.3, 0.4) is 0 Å². The summed E-state index contributed by atoms with van der Waals surface area (Å²) in [5.41, 5.74) is 4.54.